The number of benzene rings is 2. The largest absolute Gasteiger partial charge is 0.491 e. The van der Waals surface area contributed by atoms with Gasteiger partial charge in [-0.25, -0.2) is 9.18 Å². The van der Waals surface area contributed by atoms with Gasteiger partial charge in [-0.2, -0.15) is 0 Å². The molecule has 2 aromatic carbocycles. The first-order valence-corrected chi connectivity index (χ1v) is 8.51. The molecule has 0 heterocycles. The third-order valence-corrected chi connectivity index (χ3v) is 3.72. The van der Waals surface area contributed by atoms with Crippen LogP contribution in [0.3, 0.4) is 0 Å². The molecule has 0 aliphatic heterocycles. The Bertz CT molecular complexity index is 827. The van der Waals surface area contributed by atoms with Crippen molar-refractivity contribution in [2.24, 2.45) is 0 Å². The molecule has 0 fully saturated rings. The lowest BCUT2D eigenvalue weighted by Gasteiger charge is -2.15. The SMILES string of the molecule is CCCOc1cc(F)ccc1NC(=O)c1cc(C)c(OCC(=O)O)c(C)c1. The van der Waals surface area contributed by atoms with Crippen LogP contribution in [0, 0.1) is 19.7 Å². The average Bonchev–Trinajstić information content (AvgIpc) is 2.60. The first-order valence-electron chi connectivity index (χ1n) is 8.51. The van der Waals surface area contributed by atoms with Crippen molar-refractivity contribution < 1.29 is 28.6 Å². The van der Waals surface area contributed by atoms with E-state index in [-0.39, 0.29) is 11.7 Å². The Morgan fingerprint density at radius 3 is 2.37 bits per heavy atom. The van der Waals surface area contributed by atoms with Gasteiger partial charge in [0, 0.05) is 11.6 Å². The molecule has 0 radical (unpaired) electrons. The first kappa shape index (κ1) is 20.2. The number of carbonyl (C=O) groups excluding carboxylic acids is 1. The molecule has 0 aromatic heterocycles. The topological polar surface area (TPSA) is 84.9 Å². The van der Waals surface area contributed by atoms with Crippen molar-refractivity contribution in [3.8, 4) is 11.5 Å². The van der Waals surface area contributed by atoms with Gasteiger partial charge in [0.1, 0.15) is 17.3 Å². The summed E-state index contributed by atoms with van der Waals surface area (Å²) in [5, 5.41) is 11.5. The van der Waals surface area contributed by atoms with E-state index in [1.54, 1.807) is 26.0 Å². The van der Waals surface area contributed by atoms with E-state index in [9.17, 15) is 14.0 Å². The van der Waals surface area contributed by atoms with Gasteiger partial charge in [-0.05, 0) is 55.7 Å². The molecule has 1 amide bonds. The molecule has 0 aliphatic rings. The minimum absolute atomic E-state index is 0.264. The lowest BCUT2D eigenvalue weighted by molar-refractivity contribution is -0.139. The number of hydrogen-bond donors (Lipinski definition) is 2. The summed E-state index contributed by atoms with van der Waals surface area (Å²) in [6.07, 6.45) is 0.750. The summed E-state index contributed by atoms with van der Waals surface area (Å²) in [5.41, 5.74) is 2.03. The van der Waals surface area contributed by atoms with Crippen molar-refractivity contribution >= 4 is 17.6 Å². The summed E-state index contributed by atoms with van der Waals surface area (Å²) < 4.78 is 24.2. The number of ether oxygens (including phenoxy) is 2. The van der Waals surface area contributed by atoms with Gasteiger partial charge in [0.25, 0.3) is 5.91 Å². The predicted octanol–water partition coefficient (Wildman–Crippen LogP) is 3.95. The number of hydrogen-bond acceptors (Lipinski definition) is 4. The molecule has 0 aliphatic carbocycles. The normalized spacial score (nSPS) is 10.4. The van der Waals surface area contributed by atoms with E-state index in [1.807, 2.05) is 6.92 Å². The van der Waals surface area contributed by atoms with Crippen LogP contribution in [0.15, 0.2) is 30.3 Å². The molecule has 144 valence electrons. The Morgan fingerprint density at radius 1 is 1.11 bits per heavy atom. The molecule has 2 aromatic rings. The minimum Gasteiger partial charge on any atom is -0.491 e. The number of aryl methyl sites for hydroxylation is 2. The Kier molecular flexibility index (Phi) is 6.76. The van der Waals surface area contributed by atoms with Crippen LogP contribution in [-0.4, -0.2) is 30.2 Å². The van der Waals surface area contributed by atoms with Crippen molar-refractivity contribution in [2.75, 3.05) is 18.5 Å². The van der Waals surface area contributed by atoms with Gasteiger partial charge in [0.15, 0.2) is 6.61 Å². The zero-order valence-corrected chi connectivity index (χ0v) is 15.5. The number of amides is 1. The molecule has 7 heteroatoms. The van der Waals surface area contributed by atoms with Crippen LogP contribution in [0.4, 0.5) is 10.1 Å². The molecule has 0 saturated carbocycles. The number of rotatable bonds is 8. The van der Waals surface area contributed by atoms with Crippen LogP contribution in [0.25, 0.3) is 0 Å². The number of halogens is 1. The molecule has 0 atom stereocenters. The van der Waals surface area contributed by atoms with Crippen LogP contribution in [-0.2, 0) is 4.79 Å². The Hall–Kier alpha value is -3.09. The van der Waals surface area contributed by atoms with Crippen molar-refractivity contribution in [3.05, 3.63) is 52.8 Å². The van der Waals surface area contributed by atoms with Crippen molar-refractivity contribution in [2.45, 2.75) is 27.2 Å². The van der Waals surface area contributed by atoms with E-state index >= 15 is 0 Å². The van der Waals surface area contributed by atoms with Crippen LogP contribution in [0.5, 0.6) is 11.5 Å². The fraction of sp³-hybridized carbons (Fsp3) is 0.300. The third kappa shape index (κ3) is 5.44. The van der Waals surface area contributed by atoms with Crippen molar-refractivity contribution in [3.63, 3.8) is 0 Å². The Labute approximate surface area is 156 Å². The lowest BCUT2D eigenvalue weighted by atomic mass is 10.0. The summed E-state index contributed by atoms with van der Waals surface area (Å²) in [4.78, 5) is 23.3. The third-order valence-electron chi connectivity index (χ3n) is 3.72. The molecule has 2 N–H and O–H groups in total. The summed E-state index contributed by atoms with van der Waals surface area (Å²) in [7, 11) is 0. The highest BCUT2D eigenvalue weighted by Crippen LogP contribution is 2.28. The van der Waals surface area contributed by atoms with Crippen molar-refractivity contribution in [1.29, 1.82) is 0 Å². The van der Waals surface area contributed by atoms with E-state index in [2.05, 4.69) is 5.32 Å². The summed E-state index contributed by atoms with van der Waals surface area (Å²) >= 11 is 0. The molecule has 2 rings (SSSR count). The average molecular weight is 375 g/mol. The summed E-state index contributed by atoms with van der Waals surface area (Å²) in [6.45, 7) is 5.33. The van der Waals surface area contributed by atoms with E-state index in [0.29, 0.717) is 34.7 Å². The molecular formula is C20H22FNO5. The smallest absolute Gasteiger partial charge is 0.341 e. The minimum atomic E-state index is -1.08. The number of nitrogens with one attached hydrogen (secondary N) is 1. The molecule has 27 heavy (non-hydrogen) atoms. The Balaban J connectivity index is 2.22. The van der Waals surface area contributed by atoms with Crippen LogP contribution in [0.1, 0.15) is 34.8 Å². The maximum Gasteiger partial charge on any atom is 0.341 e. The van der Waals surface area contributed by atoms with Crippen LogP contribution in [0.2, 0.25) is 0 Å². The zero-order chi connectivity index (χ0) is 20.0. The van der Waals surface area contributed by atoms with Gasteiger partial charge < -0.3 is 19.9 Å². The van der Waals surface area contributed by atoms with E-state index in [1.165, 1.54) is 18.2 Å². The number of carboxylic acids is 1. The zero-order valence-electron chi connectivity index (χ0n) is 15.5. The molecule has 0 bridgehead atoms. The number of aliphatic carboxylic acids is 1. The highest BCUT2D eigenvalue weighted by atomic mass is 19.1. The molecular weight excluding hydrogens is 353 g/mol. The highest BCUT2D eigenvalue weighted by molar-refractivity contribution is 6.05. The van der Waals surface area contributed by atoms with Gasteiger partial charge in [0.2, 0.25) is 0 Å². The second-order valence-corrected chi connectivity index (χ2v) is 6.06. The molecule has 6 nitrogen and oxygen atoms in total. The monoisotopic (exact) mass is 375 g/mol. The fourth-order valence-electron chi connectivity index (χ4n) is 2.57. The van der Waals surface area contributed by atoms with Gasteiger partial charge in [0.05, 0.1) is 12.3 Å². The van der Waals surface area contributed by atoms with E-state index in [0.717, 1.165) is 6.42 Å². The van der Waals surface area contributed by atoms with Gasteiger partial charge in [-0.3, -0.25) is 4.79 Å². The number of anilines is 1. The second-order valence-electron chi connectivity index (χ2n) is 6.06. The lowest BCUT2D eigenvalue weighted by Crippen LogP contribution is -2.15. The highest BCUT2D eigenvalue weighted by Gasteiger charge is 2.15. The fourth-order valence-corrected chi connectivity index (χ4v) is 2.57. The standard InChI is InChI=1S/C20H22FNO5/c1-4-7-26-17-10-15(21)5-6-16(17)22-20(25)14-8-12(2)19(13(3)9-14)27-11-18(23)24/h5-6,8-10H,4,7,11H2,1-3H3,(H,22,25)(H,23,24). The van der Waals surface area contributed by atoms with Crippen molar-refractivity contribution in [1.82, 2.24) is 0 Å². The molecule has 0 unspecified atom stereocenters. The number of carboxylic acid groups (broad SMARTS) is 1. The molecule has 0 saturated heterocycles. The summed E-state index contributed by atoms with van der Waals surface area (Å²) in [5.74, 6) is -1.22. The summed E-state index contributed by atoms with van der Waals surface area (Å²) in [6, 6.07) is 7.13. The predicted molar refractivity (Wildman–Crippen MR) is 99.2 cm³/mol. The number of carbonyl (C=O) groups is 2. The maximum atomic E-state index is 13.5. The second kappa shape index (κ2) is 9.02. The van der Waals surface area contributed by atoms with E-state index < -0.39 is 18.4 Å². The van der Waals surface area contributed by atoms with Gasteiger partial charge in [-0.15, -0.1) is 0 Å². The quantitative estimate of drug-likeness (QED) is 0.730. The Morgan fingerprint density at radius 2 is 1.78 bits per heavy atom. The van der Waals surface area contributed by atoms with Crippen LogP contribution >= 0.6 is 0 Å². The molecule has 0 spiro atoms. The van der Waals surface area contributed by atoms with Gasteiger partial charge >= 0.3 is 5.97 Å². The van der Waals surface area contributed by atoms with Crippen LogP contribution < -0.4 is 14.8 Å². The van der Waals surface area contributed by atoms with E-state index in [4.69, 9.17) is 14.6 Å². The first-order chi connectivity index (χ1) is 12.8. The van der Waals surface area contributed by atoms with Gasteiger partial charge in [-0.1, -0.05) is 6.92 Å². The maximum absolute atomic E-state index is 13.5.